The van der Waals surface area contributed by atoms with Gasteiger partial charge < -0.3 is 0 Å². The van der Waals surface area contributed by atoms with Crippen LogP contribution in [0.15, 0.2) is 0 Å². The Morgan fingerprint density at radius 1 is 0.200 bits per heavy atom. The highest BCUT2D eigenvalue weighted by Crippen LogP contribution is 2.16. The van der Waals surface area contributed by atoms with Crippen LogP contribution in [0.3, 0.4) is 0 Å². The standard InChI is InChI=1S/C11H24.C9H20.C8H18.C7H16.C6H14.C5H12.C4H10.C3H8.C2H6/c1-4-7-8-9-10-11(5-2)6-3;1-3-5-7-9-8-6-4-2;1-3-5-7-8-6-4-2;1-3-5-7-6-4-2;1-3-5-6-4-2;1-3-5-4-2;1-3-4-2;1-3-2;1-2/h11H,4-10H2,1-3H3;3-9H2,1-2H3;3-8H2,1-2H3;3-7H2,1-2H3;3-6H2,1-2H3;3-5H2,1-2H3;3-4H2,1-2H3;3H2,1-2H3;1-2H3. The van der Waals surface area contributed by atoms with E-state index in [0.717, 1.165) is 5.92 Å². The second-order valence-electron chi connectivity index (χ2n) is 15.5. The van der Waals surface area contributed by atoms with Crippen LogP contribution in [-0.4, -0.2) is 0 Å². The average Bonchev–Trinajstić information content (AvgIpc) is 3.22. The zero-order valence-electron chi connectivity index (χ0n) is 44.3. The second kappa shape index (κ2) is 105. The van der Waals surface area contributed by atoms with Crippen LogP contribution in [0.1, 0.15) is 356 Å². The van der Waals surface area contributed by atoms with Crippen LogP contribution in [0.4, 0.5) is 0 Å². The Balaban J connectivity index is -0.0000000640. The van der Waals surface area contributed by atoms with E-state index in [1.165, 1.54) is 225 Å². The molecule has 0 rings (SSSR count). The lowest BCUT2D eigenvalue weighted by molar-refractivity contribution is 0.429. The van der Waals surface area contributed by atoms with Gasteiger partial charge in [-0.3, -0.25) is 0 Å². The van der Waals surface area contributed by atoms with Gasteiger partial charge in [0.15, 0.2) is 0 Å². The second-order valence-corrected chi connectivity index (χ2v) is 15.5. The summed E-state index contributed by atoms with van der Waals surface area (Å²) < 4.78 is 0. The number of rotatable bonds is 28. The van der Waals surface area contributed by atoms with Crippen molar-refractivity contribution >= 4 is 0 Å². The van der Waals surface area contributed by atoms with E-state index in [4.69, 9.17) is 0 Å². The highest BCUT2D eigenvalue weighted by Gasteiger charge is 2.01. The molecule has 0 aliphatic heterocycles. The molecule has 0 radical (unpaired) electrons. The van der Waals surface area contributed by atoms with Crippen molar-refractivity contribution < 1.29 is 0 Å². The smallest absolute Gasteiger partial charge is 0.0420 e. The van der Waals surface area contributed by atoms with Crippen molar-refractivity contribution in [2.75, 3.05) is 0 Å². The fraction of sp³-hybridized carbons (Fsp3) is 1.00. The van der Waals surface area contributed by atoms with Gasteiger partial charge in [0.1, 0.15) is 0 Å². The lowest BCUT2D eigenvalue weighted by Gasteiger charge is -2.10. The van der Waals surface area contributed by atoms with Gasteiger partial charge in [-0.2, -0.15) is 0 Å². The summed E-state index contributed by atoms with van der Waals surface area (Å²) in [6.45, 7) is 41.9. The third-order valence-electron chi connectivity index (χ3n) is 9.16. The first-order valence-corrected chi connectivity index (χ1v) is 26.7. The molecule has 0 unspecified atom stereocenters. The summed E-state index contributed by atoms with van der Waals surface area (Å²) in [6.07, 6.45) is 48.9. The minimum absolute atomic E-state index is 1.01. The maximum Gasteiger partial charge on any atom is -0.0420 e. The molecule has 0 aromatic rings. The summed E-state index contributed by atoms with van der Waals surface area (Å²) in [5, 5.41) is 0. The van der Waals surface area contributed by atoms with Gasteiger partial charge in [0.05, 0.1) is 0 Å². The van der Waals surface area contributed by atoms with Crippen molar-refractivity contribution in [3.63, 3.8) is 0 Å². The predicted octanol–water partition coefficient (Wildman–Crippen LogP) is 23.5. The SMILES string of the molecule is CC.CCC.CCCC.CCCCC.CCCCCC.CCCCCCC.CCCCCCC(CC)CC.CCCCCCCC.CCCCCCCCC. The largest absolute Gasteiger partial charge is 0.0683 e. The molecule has 55 heavy (non-hydrogen) atoms. The topological polar surface area (TPSA) is 0 Å². The maximum absolute atomic E-state index is 2.31. The average molecular weight is 790 g/mol. The molecule has 0 saturated carbocycles. The van der Waals surface area contributed by atoms with E-state index in [2.05, 4.69) is 118 Å². The Morgan fingerprint density at radius 2 is 0.364 bits per heavy atom. The fourth-order valence-corrected chi connectivity index (χ4v) is 4.97. The van der Waals surface area contributed by atoms with Gasteiger partial charge in [-0.05, 0) is 5.92 Å². The molecule has 348 valence electrons. The molecule has 0 nitrogen and oxygen atoms in total. The Labute approximate surface area is 360 Å². The molecular formula is C55H128. The molecule has 0 aromatic heterocycles. The molecule has 0 saturated heterocycles. The summed E-state index contributed by atoms with van der Waals surface area (Å²) >= 11 is 0. The monoisotopic (exact) mass is 789 g/mol. The molecule has 0 aliphatic carbocycles. The van der Waals surface area contributed by atoms with Gasteiger partial charge >= 0.3 is 0 Å². The van der Waals surface area contributed by atoms with Gasteiger partial charge in [-0.1, -0.05) is 356 Å². The molecule has 0 aliphatic rings. The highest BCUT2D eigenvalue weighted by atomic mass is 14.1. The first kappa shape index (κ1) is 75.8. The first-order valence-electron chi connectivity index (χ1n) is 26.7. The molecule has 0 heterocycles. The molecule has 0 bridgehead atoms. The number of hydrogen-bond donors (Lipinski definition) is 0. The van der Waals surface area contributed by atoms with Crippen molar-refractivity contribution in [2.24, 2.45) is 5.92 Å². The van der Waals surface area contributed by atoms with Gasteiger partial charge in [0.25, 0.3) is 0 Å². The summed E-state index contributed by atoms with van der Waals surface area (Å²) in [4.78, 5) is 0. The van der Waals surface area contributed by atoms with E-state index in [1.54, 1.807) is 0 Å². The number of unbranched alkanes of at least 4 members (excludes halogenated alkanes) is 24. The van der Waals surface area contributed by atoms with Crippen LogP contribution >= 0.6 is 0 Å². The van der Waals surface area contributed by atoms with E-state index in [-0.39, 0.29) is 0 Å². The first-order chi connectivity index (χ1) is 26.7. The Hall–Kier alpha value is 0. The fourth-order valence-electron chi connectivity index (χ4n) is 4.97. The van der Waals surface area contributed by atoms with Gasteiger partial charge in [0, 0.05) is 0 Å². The predicted molar refractivity (Wildman–Crippen MR) is 273 cm³/mol. The Bertz CT molecular complexity index is 371. The van der Waals surface area contributed by atoms with Crippen molar-refractivity contribution in [3.05, 3.63) is 0 Å². The van der Waals surface area contributed by atoms with Gasteiger partial charge in [-0.25, -0.2) is 0 Å². The highest BCUT2D eigenvalue weighted by molar-refractivity contribution is 4.54. The zero-order chi connectivity index (χ0) is 44.3. The summed E-state index contributed by atoms with van der Waals surface area (Å²) in [5.41, 5.74) is 0. The van der Waals surface area contributed by atoms with Crippen LogP contribution in [0.2, 0.25) is 0 Å². The van der Waals surface area contributed by atoms with Crippen LogP contribution in [0.25, 0.3) is 0 Å². The quantitative estimate of drug-likeness (QED) is 0.0693. The third-order valence-corrected chi connectivity index (χ3v) is 9.16. The Kier molecular flexibility index (Phi) is 145. The van der Waals surface area contributed by atoms with E-state index in [1.807, 2.05) is 13.8 Å². The van der Waals surface area contributed by atoms with E-state index in [0.29, 0.717) is 0 Å². The lowest BCUT2D eigenvalue weighted by Crippen LogP contribution is -1.95. The van der Waals surface area contributed by atoms with Crippen LogP contribution in [-0.2, 0) is 0 Å². The van der Waals surface area contributed by atoms with E-state index in [9.17, 15) is 0 Å². The molecule has 0 N–H and O–H groups in total. The van der Waals surface area contributed by atoms with Crippen molar-refractivity contribution in [1.82, 2.24) is 0 Å². The van der Waals surface area contributed by atoms with E-state index < -0.39 is 0 Å². The molecular weight excluding hydrogens is 661 g/mol. The molecule has 0 atom stereocenters. The minimum atomic E-state index is 1.01. The van der Waals surface area contributed by atoms with Crippen molar-refractivity contribution in [2.45, 2.75) is 356 Å². The van der Waals surface area contributed by atoms with Crippen LogP contribution in [0, 0.1) is 5.92 Å². The van der Waals surface area contributed by atoms with E-state index >= 15 is 0 Å². The third kappa shape index (κ3) is 152. The maximum atomic E-state index is 2.31. The molecule has 0 heteroatoms. The molecule has 0 spiro atoms. The van der Waals surface area contributed by atoms with Crippen molar-refractivity contribution in [1.29, 1.82) is 0 Å². The van der Waals surface area contributed by atoms with Gasteiger partial charge in [-0.15, -0.1) is 0 Å². The Morgan fingerprint density at radius 3 is 0.527 bits per heavy atom. The summed E-state index contributed by atoms with van der Waals surface area (Å²) in [5.74, 6) is 1.01. The van der Waals surface area contributed by atoms with Gasteiger partial charge in [0.2, 0.25) is 0 Å². The summed E-state index contributed by atoms with van der Waals surface area (Å²) in [6, 6.07) is 0. The number of hydrogen-bond acceptors (Lipinski definition) is 0. The molecule has 0 fully saturated rings. The van der Waals surface area contributed by atoms with Crippen molar-refractivity contribution in [3.8, 4) is 0 Å². The lowest BCUT2D eigenvalue weighted by atomic mass is 9.96. The normalized spacial score (nSPS) is 9.16. The van der Waals surface area contributed by atoms with Crippen LogP contribution < -0.4 is 0 Å². The summed E-state index contributed by atoms with van der Waals surface area (Å²) in [7, 11) is 0. The zero-order valence-corrected chi connectivity index (χ0v) is 44.3. The van der Waals surface area contributed by atoms with Crippen LogP contribution in [0.5, 0.6) is 0 Å². The molecule has 0 aromatic carbocycles. The minimum Gasteiger partial charge on any atom is -0.0683 e. The molecule has 0 amide bonds.